The Morgan fingerprint density at radius 2 is 1.39 bits per heavy atom. The molecule has 0 radical (unpaired) electrons. The van der Waals surface area contributed by atoms with Crippen molar-refractivity contribution in [1.29, 1.82) is 0 Å². The second kappa shape index (κ2) is 11.2. The van der Waals surface area contributed by atoms with Crippen molar-refractivity contribution in [3.63, 3.8) is 0 Å². The summed E-state index contributed by atoms with van der Waals surface area (Å²) in [6.45, 7) is 6.60. The zero-order valence-electron chi connectivity index (χ0n) is 19.2. The van der Waals surface area contributed by atoms with Gasteiger partial charge in [0.25, 0.3) is 0 Å². The van der Waals surface area contributed by atoms with Crippen LogP contribution in [0.25, 0.3) is 0 Å². The molecule has 2 aromatic rings. The molecule has 0 saturated carbocycles. The molecule has 4 rings (SSSR count). The Morgan fingerprint density at radius 1 is 0.758 bits per heavy atom. The molecule has 2 fully saturated rings. The van der Waals surface area contributed by atoms with Gasteiger partial charge < -0.3 is 5.32 Å². The van der Waals surface area contributed by atoms with Crippen molar-refractivity contribution in [2.45, 2.75) is 37.2 Å². The molecule has 1 N–H and O–H groups in total. The molecule has 2 aliphatic rings. The lowest BCUT2D eigenvalue weighted by atomic mass is 10.2. The Balaban J connectivity index is 1.19. The molecular weight excluding hydrogens is 436 g/mol. The number of rotatable bonds is 8. The van der Waals surface area contributed by atoms with Gasteiger partial charge in [0.05, 0.1) is 11.4 Å². The number of hydrogen-bond donors (Lipinski definition) is 1. The van der Waals surface area contributed by atoms with Gasteiger partial charge in [-0.05, 0) is 36.1 Å². The van der Waals surface area contributed by atoms with Crippen molar-refractivity contribution in [2.75, 3.05) is 45.8 Å². The lowest BCUT2D eigenvalue weighted by Crippen LogP contribution is -2.49. The number of hydrogen-bond acceptors (Lipinski definition) is 5. The molecule has 1 amide bonds. The fourth-order valence-corrected chi connectivity index (χ4v) is 5.96. The van der Waals surface area contributed by atoms with Gasteiger partial charge in [-0.25, -0.2) is 8.42 Å². The third-order valence-corrected chi connectivity index (χ3v) is 8.36. The monoisotopic (exact) mass is 470 g/mol. The smallest absolute Gasteiger partial charge is 0.243 e. The van der Waals surface area contributed by atoms with E-state index in [1.54, 1.807) is 28.6 Å². The minimum atomic E-state index is -3.42. The Morgan fingerprint density at radius 3 is 2.06 bits per heavy atom. The first-order valence-electron chi connectivity index (χ1n) is 11.9. The molecular formula is C25H34N4O3S. The van der Waals surface area contributed by atoms with Crippen LogP contribution < -0.4 is 5.32 Å². The maximum absolute atomic E-state index is 12.8. The van der Waals surface area contributed by atoms with E-state index >= 15 is 0 Å². The third kappa shape index (κ3) is 6.63. The molecule has 8 heteroatoms. The SMILES string of the molecule is O=C(CN1CCN(Cc2ccccc2)CC1)NCc1ccc(S(=O)(=O)N2CCCCC2)cc1. The average molecular weight is 471 g/mol. The number of nitrogens with zero attached hydrogens (tertiary/aromatic N) is 3. The van der Waals surface area contributed by atoms with Crippen molar-refractivity contribution < 1.29 is 13.2 Å². The van der Waals surface area contributed by atoms with Crippen LogP contribution in [0, 0.1) is 0 Å². The molecule has 178 valence electrons. The van der Waals surface area contributed by atoms with Crippen LogP contribution in [0.1, 0.15) is 30.4 Å². The van der Waals surface area contributed by atoms with E-state index in [1.165, 1.54) is 5.56 Å². The molecule has 2 aliphatic heterocycles. The van der Waals surface area contributed by atoms with Crippen molar-refractivity contribution in [2.24, 2.45) is 0 Å². The number of nitrogens with one attached hydrogen (secondary N) is 1. The van der Waals surface area contributed by atoms with Gasteiger partial charge >= 0.3 is 0 Å². The van der Waals surface area contributed by atoms with Gasteiger partial charge in [-0.2, -0.15) is 4.31 Å². The zero-order chi connectivity index (χ0) is 23.1. The van der Waals surface area contributed by atoms with Crippen molar-refractivity contribution in [1.82, 2.24) is 19.4 Å². The van der Waals surface area contributed by atoms with Gasteiger partial charge in [0.2, 0.25) is 15.9 Å². The molecule has 7 nitrogen and oxygen atoms in total. The second-order valence-corrected chi connectivity index (χ2v) is 10.9. The number of piperazine rings is 1. The van der Waals surface area contributed by atoms with Gasteiger partial charge in [0.15, 0.2) is 0 Å². The molecule has 33 heavy (non-hydrogen) atoms. The molecule has 2 heterocycles. The third-order valence-electron chi connectivity index (χ3n) is 6.45. The van der Waals surface area contributed by atoms with E-state index in [9.17, 15) is 13.2 Å². The summed E-state index contributed by atoms with van der Waals surface area (Å²) >= 11 is 0. The Kier molecular flexibility index (Phi) is 8.14. The van der Waals surface area contributed by atoms with E-state index in [2.05, 4.69) is 39.4 Å². The summed E-state index contributed by atoms with van der Waals surface area (Å²) in [7, 11) is -3.42. The average Bonchev–Trinajstić information content (AvgIpc) is 2.85. The fraction of sp³-hybridized carbons (Fsp3) is 0.480. The van der Waals surface area contributed by atoms with Crippen LogP contribution in [-0.2, 0) is 27.9 Å². The summed E-state index contributed by atoms with van der Waals surface area (Å²) in [5.74, 6) is -0.00322. The molecule has 0 aromatic heterocycles. The van der Waals surface area contributed by atoms with Gasteiger partial charge in [-0.1, -0.05) is 48.9 Å². The predicted octanol–water partition coefficient (Wildman–Crippen LogP) is 2.30. The summed E-state index contributed by atoms with van der Waals surface area (Å²) in [5, 5.41) is 2.96. The number of piperidine rings is 1. The van der Waals surface area contributed by atoms with E-state index < -0.39 is 10.0 Å². The number of carbonyl (C=O) groups is 1. The molecule has 0 aliphatic carbocycles. The molecule has 0 unspecified atom stereocenters. The van der Waals surface area contributed by atoms with Gasteiger partial charge in [-0.3, -0.25) is 14.6 Å². The molecule has 2 aromatic carbocycles. The number of benzene rings is 2. The lowest BCUT2D eigenvalue weighted by Gasteiger charge is -2.34. The van der Waals surface area contributed by atoms with Crippen LogP contribution in [0.5, 0.6) is 0 Å². The minimum Gasteiger partial charge on any atom is -0.351 e. The minimum absolute atomic E-state index is 0.00322. The number of amides is 1. The van der Waals surface area contributed by atoms with Gasteiger partial charge in [-0.15, -0.1) is 0 Å². The summed E-state index contributed by atoms with van der Waals surface area (Å²) in [6.07, 6.45) is 2.94. The van der Waals surface area contributed by atoms with Crippen molar-refractivity contribution in [3.8, 4) is 0 Å². The highest BCUT2D eigenvalue weighted by Gasteiger charge is 2.25. The van der Waals surface area contributed by atoms with Crippen LogP contribution in [0.3, 0.4) is 0 Å². The van der Waals surface area contributed by atoms with E-state index in [4.69, 9.17) is 0 Å². The van der Waals surface area contributed by atoms with Crippen LogP contribution in [0.4, 0.5) is 0 Å². The summed E-state index contributed by atoms with van der Waals surface area (Å²) in [6, 6.07) is 17.3. The van der Waals surface area contributed by atoms with E-state index in [-0.39, 0.29) is 5.91 Å². The maximum atomic E-state index is 12.8. The van der Waals surface area contributed by atoms with Crippen LogP contribution in [0.2, 0.25) is 0 Å². The molecule has 0 spiro atoms. The largest absolute Gasteiger partial charge is 0.351 e. The van der Waals surface area contributed by atoms with Crippen molar-refractivity contribution >= 4 is 15.9 Å². The highest BCUT2D eigenvalue weighted by atomic mass is 32.2. The van der Waals surface area contributed by atoms with Gasteiger partial charge in [0, 0.05) is 52.4 Å². The Labute approximate surface area is 197 Å². The second-order valence-electron chi connectivity index (χ2n) is 8.92. The number of carbonyl (C=O) groups excluding carboxylic acids is 1. The lowest BCUT2D eigenvalue weighted by molar-refractivity contribution is -0.122. The Bertz CT molecular complexity index is 998. The van der Waals surface area contributed by atoms with Crippen LogP contribution in [-0.4, -0.2) is 74.2 Å². The highest BCUT2D eigenvalue weighted by molar-refractivity contribution is 7.89. The Hall–Kier alpha value is -2.26. The normalized spacial score (nSPS) is 18.8. The predicted molar refractivity (Wildman–Crippen MR) is 129 cm³/mol. The summed E-state index contributed by atoms with van der Waals surface area (Å²) < 4.78 is 27.1. The first-order chi connectivity index (χ1) is 16.0. The molecule has 0 atom stereocenters. The maximum Gasteiger partial charge on any atom is 0.243 e. The molecule has 0 bridgehead atoms. The standard InChI is InChI=1S/C25H34N4O3S/c30-25(21-28-17-15-27(16-18-28)20-23-7-3-1-4-8-23)26-19-22-9-11-24(12-10-22)33(31,32)29-13-5-2-6-14-29/h1,3-4,7-12H,2,5-6,13-21H2,(H,26,30). The van der Waals surface area contributed by atoms with Crippen molar-refractivity contribution in [3.05, 3.63) is 65.7 Å². The summed E-state index contributed by atoms with van der Waals surface area (Å²) in [4.78, 5) is 17.4. The zero-order valence-corrected chi connectivity index (χ0v) is 20.0. The topological polar surface area (TPSA) is 73.0 Å². The fourth-order valence-electron chi connectivity index (χ4n) is 4.44. The van der Waals surface area contributed by atoms with Crippen LogP contribution >= 0.6 is 0 Å². The quantitative estimate of drug-likeness (QED) is 0.641. The molecule has 2 saturated heterocycles. The highest BCUT2D eigenvalue weighted by Crippen LogP contribution is 2.20. The number of sulfonamides is 1. The van der Waals surface area contributed by atoms with Crippen LogP contribution in [0.15, 0.2) is 59.5 Å². The first-order valence-corrected chi connectivity index (χ1v) is 13.3. The van der Waals surface area contributed by atoms with Gasteiger partial charge in [0.1, 0.15) is 0 Å². The van der Waals surface area contributed by atoms with E-state index in [0.29, 0.717) is 31.1 Å². The van der Waals surface area contributed by atoms with E-state index in [1.807, 2.05) is 6.07 Å². The first kappa shape index (κ1) is 23.9. The van der Waals surface area contributed by atoms with E-state index in [0.717, 1.165) is 57.5 Å². The summed E-state index contributed by atoms with van der Waals surface area (Å²) in [5.41, 5.74) is 2.21.